The fraction of sp³-hybridized carbons (Fsp3) is 0.273. The van der Waals surface area contributed by atoms with Gasteiger partial charge >= 0.3 is 0 Å². The number of nitrogens with one attached hydrogen (secondary N) is 2. The lowest BCUT2D eigenvalue weighted by Crippen LogP contribution is -2.25. The van der Waals surface area contributed by atoms with Crippen LogP contribution in [-0.4, -0.2) is 0 Å². The molecule has 1 fully saturated rings. The number of benzene rings is 1. The Morgan fingerprint density at radius 2 is 1.92 bits per heavy atom. The Bertz CT molecular complexity index is 743. The van der Waals surface area contributed by atoms with Gasteiger partial charge in [-0.25, -0.2) is 0 Å². The van der Waals surface area contributed by atoms with Crippen LogP contribution in [0, 0.1) is 5.92 Å². The van der Waals surface area contributed by atoms with Crippen LogP contribution >= 0.6 is 0 Å². The number of rotatable bonds is 5. The minimum atomic E-state index is 0.606. The van der Waals surface area contributed by atoms with Crippen molar-refractivity contribution >= 4 is 5.57 Å². The fourth-order valence-corrected chi connectivity index (χ4v) is 3.25. The van der Waals surface area contributed by atoms with Gasteiger partial charge in [0.05, 0.1) is 0 Å². The van der Waals surface area contributed by atoms with Crippen LogP contribution in [0.1, 0.15) is 38.7 Å². The summed E-state index contributed by atoms with van der Waals surface area (Å²) in [5.74, 6) is 0.606. The molecule has 0 radical (unpaired) electrons. The second-order valence-corrected chi connectivity index (χ2v) is 6.58. The fourth-order valence-electron chi connectivity index (χ4n) is 3.25. The maximum atomic E-state index is 4.36. The second kappa shape index (κ2) is 6.96. The largest absolute Gasteiger partial charge is 0.365 e. The lowest BCUT2D eigenvalue weighted by Gasteiger charge is -2.30. The molecule has 24 heavy (non-hydrogen) atoms. The van der Waals surface area contributed by atoms with Crippen molar-refractivity contribution in [2.75, 3.05) is 0 Å². The molecule has 2 aliphatic rings. The minimum absolute atomic E-state index is 0.606. The van der Waals surface area contributed by atoms with Gasteiger partial charge in [0.2, 0.25) is 0 Å². The highest BCUT2D eigenvalue weighted by Gasteiger charge is 2.24. The first-order valence-electron chi connectivity index (χ1n) is 8.64. The van der Waals surface area contributed by atoms with Crippen molar-refractivity contribution in [2.45, 2.75) is 33.1 Å². The first kappa shape index (κ1) is 16.4. The molecule has 0 atom stereocenters. The van der Waals surface area contributed by atoms with E-state index in [9.17, 15) is 0 Å². The van der Waals surface area contributed by atoms with Crippen molar-refractivity contribution in [3.8, 4) is 0 Å². The van der Waals surface area contributed by atoms with Gasteiger partial charge in [0, 0.05) is 22.7 Å². The predicted octanol–water partition coefficient (Wildman–Crippen LogP) is 5.27. The molecule has 1 saturated carbocycles. The highest BCUT2D eigenvalue weighted by molar-refractivity contribution is 5.88. The molecule has 1 aromatic rings. The van der Waals surface area contributed by atoms with Gasteiger partial charge in [0.15, 0.2) is 0 Å². The minimum Gasteiger partial charge on any atom is -0.365 e. The van der Waals surface area contributed by atoms with E-state index in [1.807, 2.05) is 6.07 Å². The third-order valence-corrected chi connectivity index (χ3v) is 5.08. The van der Waals surface area contributed by atoms with E-state index < -0.39 is 0 Å². The molecule has 2 nitrogen and oxygen atoms in total. The zero-order valence-electron chi connectivity index (χ0n) is 14.7. The Balaban J connectivity index is 2.09. The summed E-state index contributed by atoms with van der Waals surface area (Å²) in [4.78, 5) is 0. The van der Waals surface area contributed by atoms with E-state index in [4.69, 9.17) is 0 Å². The molecule has 1 aromatic carbocycles. The summed E-state index contributed by atoms with van der Waals surface area (Å²) in [6.07, 6.45) is 7.82. The van der Waals surface area contributed by atoms with E-state index in [0.717, 1.165) is 17.0 Å². The molecule has 0 amide bonds. The van der Waals surface area contributed by atoms with E-state index in [0.29, 0.717) is 5.92 Å². The molecule has 2 heteroatoms. The van der Waals surface area contributed by atoms with Gasteiger partial charge in [-0.2, -0.15) is 0 Å². The molecular formula is C22H26N2. The van der Waals surface area contributed by atoms with Gasteiger partial charge in [-0.05, 0) is 61.6 Å². The summed E-state index contributed by atoms with van der Waals surface area (Å²) in [6, 6.07) is 10.5. The molecule has 124 valence electrons. The molecule has 1 aliphatic heterocycles. The van der Waals surface area contributed by atoms with Crippen molar-refractivity contribution in [1.29, 1.82) is 0 Å². The maximum absolute atomic E-state index is 4.36. The summed E-state index contributed by atoms with van der Waals surface area (Å²) in [7, 11) is 0. The predicted molar refractivity (Wildman–Crippen MR) is 103 cm³/mol. The molecule has 0 aromatic heterocycles. The van der Waals surface area contributed by atoms with Crippen LogP contribution in [0.3, 0.4) is 0 Å². The average molecular weight is 318 g/mol. The Morgan fingerprint density at radius 1 is 1.21 bits per heavy atom. The molecule has 2 N–H and O–H groups in total. The van der Waals surface area contributed by atoms with Crippen LogP contribution in [0.25, 0.3) is 5.57 Å². The molecule has 1 heterocycles. The molecule has 3 rings (SSSR count). The molecule has 0 spiro atoms. The summed E-state index contributed by atoms with van der Waals surface area (Å²) in [5.41, 5.74) is 8.21. The summed E-state index contributed by atoms with van der Waals surface area (Å²) < 4.78 is 0. The monoisotopic (exact) mass is 318 g/mol. The van der Waals surface area contributed by atoms with Gasteiger partial charge < -0.3 is 10.6 Å². The normalized spacial score (nSPS) is 19.1. The summed E-state index contributed by atoms with van der Waals surface area (Å²) in [5, 5.41) is 6.93. The van der Waals surface area contributed by atoms with Gasteiger partial charge in [0.25, 0.3) is 0 Å². The summed E-state index contributed by atoms with van der Waals surface area (Å²) in [6.45, 7) is 12.4. The third kappa shape index (κ3) is 3.09. The standard InChI is InChI=1S/C22H26N2/c1-5-23-20(18-12-9-13-18)14-21-22(19-10-7-6-8-11-19)16(3)15(2)17(4)24-21/h5-8,10-11,14,18,23-24H,1,3,9,12-13H2,2,4H3/b20-14-. The summed E-state index contributed by atoms with van der Waals surface area (Å²) >= 11 is 0. The van der Waals surface area contributed by atoms with E-state index in [2.05, 4.69) is 68.0 Å². The first-order chi connectivity index (χ1) is 11.6. The van der Waals surface area contributed by atoms with Crippen LogP contribution in [0.4, 0.5) is 0 Å². The van der Waals surface area contributed by atoms with Crippen LogP contribution in [-0.2, 0) is 0 Å². The molecule has 1 aliphatic carbocycles. The van der Waals surface area contributed by atoms with Crippen LogP contribution in [0.15, 0.2) is 84.0 Å². The average Bonchev–Trinajstić information content (AvgIpc) is 2.52. The maximum Gasteiger partial charge on any atom is 0.0485 e. The van der Waals surface area contributed by atoms with E-state index in [1.165, 1.54) is 41.7 Å². The zero-order valence-corrected chi connectivity index (χ0v) is 14.7. The lowest BCUT2D eigenvalue weighted by atomic mass is 9.81. The number of dihydropyridines is 1. The molecule has 0 bridgehead atoms. The Hall–Kier alpha value is -2.48. The second-order valence-electron chi connectivity index (χ2n) is 6.58. The quantitative estimate of drug-likeness (QED) is 0.773. The third-order valence-electron chi connectivity index (χ3n) is 5.08. The van der Waals surface area contributed by atoms with Gasteiger partial charge in [-0.1, -0.05) is 49.9 Å². The molecule has 0 saturated heterocycles. The van der Waals surface area contributed by atoms with Gasteiger partial charge in [0.1, 0.15) is 0 Å². The van der Waals surface area contributed by atoms with Crippen molar-refractivity contribution in [1.82, 2.24) is 10.6 Å². The topological polar surface area (TPSA) is 24.1 Å². The SMILES string of the molecule is C=CN/C(=C\C1=C(c2ccccc2)C(=C)C(C)=C(C)N1)C1CCC1. The van der Waals surface area contributed by atoms with E-state index in [-0.39, 0.29) is 0 Å². The van der Waals surface area contributed by atoms with Crippen molar-refractivity contribution in [2.24, 2.45) is 5.92 Å². The van der Waals surface area contributed by atoms with Crippen molar-refractivity contribution in [3.05, 3.63) is 89.6 Å². The number of hydrogen-bond acceptors (Lipinski definition) is 2. The molecular weight excluding hydrogens is 292 g/mol. The highest BCUT2D eigenvalue weighted by Crippen LogP contribution is 2.37. The number of hydrogen-bond donors (Lipinski definition) is 2. The Kier molecular flexibility index (Phi) is 4.75. The van der Waals surface area contributed by atoms with Gasteiger partial charge in [-0.3, -0.25) is 0 Å². The zero-order chi connectivity index (χ0) is 17.1. The first-order valence-corrected chi connectivity index (χ1v) is 8.64. The van der Waals surface area contributed by atoms with Gasteiger partial charge in [-0.15, -0.1) is 0 Å². The van der Waals surface area contributed by atoms with Crippen molar-refractivity contribution in [3.63, 3.8) is 0 Å². The number of allylic oxidation sites excluding steroid dienone is 6. The van der Waals surface area contributed by atoms with E-state index in [1.54, 1.807) is 6.20 Å². The van der Waals surface area contributed by atoms with E-state index >= 15 is 0 Å². The molecule has 0 unspecified atom stereocenters. The highest BCUT2D eigenvalue weighted by atomic mass is 14.9. The smallest absolute Gasteiger partial charge is 0.0485 e. The van der Waals surface area contributed by atoms with Crippen LogP contribution in [0.2, 0.25) is 0 Å². The Labute approximate surface area is 145 Å². The van der Waals surface area contributed by atoms with Crippen LogP contribution < -0.4 is 10.6 Å². The van der Waals surface area contributed by atoms with Crippen molar-refractivity contribution < 1.29 is 0 Å². The Morgan fingerprint density at radius 3 is 2.50 bits per heavy atom. The lowest BCUT2D eigenvalue weighted by molar-refractivity contribution is 0.356. The van der Waals surface area contributed by atoms with Crippen LogP contribution in [0.5, 0.6) is 0 Å².